The van der Waals surface area contributed by atoms with Crippen LogP contribution >= 0.6 is 0 Å². The molecule has 1 nitrogen and oxygen atoms in total. The quantitative estimate of drug-likeness (QED) is 0.167. The van der Waals surface area contributed by atoms with Gasteiger partial charge in [0.25, 0.3) is 0 Å². The standard InChI is InChI=1S/C31H42F4OSi/c1-2-3-4-19-37-20-17-24(18-21-37)6-5-23-7-9-25(10-8-23)26-11-13-27(14-12-26)28-15-16-30(29(32)22-28)36-31(33,34)35/h11-16,22-25,37H,2-10,17-21H2,1H3/t23-,24?,25-,37?. The summed E-state index contributed by atoms with van der Waals surface area (Å²) in [5, 5.41) is 0. The minimum atomic E-state index is -4.91. The fourth-order valence-electron chi connectivity index (χ4n) is 6.58. The molecule has 2 fully saturated rings. The van der Waals surface area contributed by atoms with Gasteiger partial charge in [0.1, 0.15) is 0 Å². The average Bonchev–Trinajstić information content (AvgIpc) is 2.89. The summed E-state index contributed by atoms with van der Waals surface area (Å²) in [5.41, 5.74) is 2.64. The fourth-order valence-corrected chi connectivity index (χ4v) is 10.2. The van der Waals surface area contributed by atoms with Crippen LogP contribution in [0.15, 0.2) is 42.5 Å². The van der Waals surface area contributed by atoms with Crippen molar-refractivity contribution in [3.63, 3.8) is 0 Å². The molecule has 0 N–H and O–H groups in total. The predicted molar refractivity (Wildman–Crippen MR) is 146 cm³/mol. The normalized spacial score (nSPS) is 24.7. The van der Waals surface area contributed by atoms with E-state index in [1.54, 1.807) is 18.1 Å². The van der Waals surface area contributed by atoms with E-state index in [-0.39, 0.29) is 0 Å². The molecule has 1 aliphatic heterocycles. The highest BCUT2D eigenvalue weighted by atomic mass is 28.3. The molecule has 0 radical (unpaired) electrons. The Bertz CT molecular complexity index is 958. The summed E-state index contributed by atoms with van der Waals surface area (Å²) in [4.78, 5) is 0. The number of hydrogen-bond acceptors (Lipinski definition) is 1. The molecule has 1 aliphatic carbocycles. The monoisotopic (exact) mass is 534 g/mol. The van der Waals surface area contributed by atoms with Crippen LogP contribution in [0, 0.1) is 17.7 Å². The molecule has 0 spiro atoms. The second kappa shape index (κ2) is 13.3. The molecule has 0 amide bonds. The summed E-state index contributed by atoms with van der Waals surface area (Å²) >= 11 is 0. The molecule has 204 valence electrons. The van der Waals surface area contributed by atoms with Crippen molar-refractivity contribution in [2.75, 3.05) is 0 Å². The maximum absolute atomic E-state index is 14.1. The minimum Gasteiger partial charge on any atom is -0.403 e. The van der Waals surface area contributed by atoms with Crippen molar-refractivity contribution in [1.82, 2.24) is 0 Å². The maximum atomic E-state index is 14.1. The van der Waals surface area contributed by atoms with Gasteiger partial charge in [0.15, 0.2) is 11.6 Å². The van der Waals surface area contributed by atoms with E-state index in [0.29, 0.717) is 11.5 Å². The zero-order valence-corrected chi connectivity index (χ0v) is 23.3. The van der Waals surface area contributed by atoms with Crippen LogP contribution in [0.2, 0.25) is 18.1 Å². The summed E-state index contributed by atoms with van der Waals surface area (Å²) in [6, 6.07) is 16.5. The molecule has 0 bridgehead atoms. The lowest BCUT2D eigenvalue weighted by molar-refractivity contribution is -0.275. The number of ether oxygens (including phenoxy) is 1. The number of rotatable bonds is 10. The van der Waals surface area contributed by atoms with Crippen LogP contribution in [-0.4, -0.2) is 15.2 Å². The predicted octanol–water partition coefficient (Wildman–Crippen LogP) is 10.3. The van der Waals surface area contributed by atoms with Gasteiger partial charge in [-0.15, -0.1) is 13.2 Å². The van der Waals surface area contributed by atoms with Crippen LogP contribution in [0.1, 0.15) is 89.0 Å². The Morgan fingerprint density at radius 1 is 0.811 bits per heavy atom. The van der Waals surface area contributed by atoms with E-state index >= 15 is 0 Å². The van der Waals surface area contributed by atoms with Crippen molar-refractivity contribution < 1.29 is 22.3 Å². The van der Waals surface area contributed by atoms with Crippen LogP contribution in [0.3, 0.4) is 0 Å². The molecule has 4 rings (SSSR count). The van der Waals surface area contributed by atoms with Crippen molar-refractivity contribution in [2.24, 2.45) is 11.8 Å². The van der Waals surface area contributed by atoms with Gasteiger partial charge in [0.2, 0.25) is 0 Å². The van der Waals surface area contributed by atoms with Crippen molar-refractivity contribution in [3.8, 4) is 16.9 Å². The highest BCUT2D eigenvalue weighted by molar-refractivity contribution is 6.58. The second-order valence-corrected chi connectivity index (χ2v) is 15.0. The van der Waals surface area contributed by atoms with Gasteiger partial charge < -0.3 is 4.74 Å². The molecule has 6 heteroatoms. The Morgan fingerprint density at radius 3 is 2.03 bits per heavy atom. The Morgan fingerprint density at radius 2 is 1.43 bits per heavy atom. The van der Waals surface area contributed by atoms with Gasteiger partial charge in [-0.2, -0.15) is 0 Å². The van der Waals surface area contributed by atoms with Crippen molar-refractivity contribution in [3.05, 3.63) is 53.8 Å². The topological polar surface area (TPSA) is 9.23 Å². The van der Waals surface area contributed by atoms with Gasteiger partial charge in [-0.3, -0.25) is 0 Å². The molecule has 1 saturated heterocycles. The largest absolute Gasteiger partial charge is 0.573 e. The van der Waals surface area contributed by atoms with Gasteiger partial charge in [-0.1, -0.05) is 100 Å². The molecule has 0 atom stereocenters. The highest BCUT2D eigenvalue weighted by Crippen LogP contribution is 2.40. The molecule has 0 aromatic heterocycles. The Kier molecular flexibility index (Phi) is 10.1. The number of hydrogen-bond donors (Lipinski definition) is 0. The van der Waals surface area contributed by atoms with E-state index in [4.69, 9.17) is 0 Å². The first kappa shape index (κ1) is 28.2. The van der Waals surface area contributed by atoms with Crippen LogP contribution in [0.5, 0.6) is 5.75 Å². The van der Waals surface area contributed by atoms with Gasteiger partial charge >= 0.3 is 6.36 Å². The summed E-state index contributed by atoms with van der Waals surface area (Å²) in [6.45, 7) is 2.30. The first-order chi connectivity index (χ1) is 17.8. The van der Waals surface area contributed by atoms with Gasteiger partial charge in [0.05, 0.1) is 0 Å². The van der Waals surface area contributed by atoms with Crippen LogP contribution < -0.4 is 4.74 Å². The van der Waals surface area contributed by atoms with Crippen LogP contribution in [-0.2, 0) is 0 Å². The van der Waals surface area contributed by atoms with Gasteiger partial charge in [-0.25, -0.2) is 4.39 Å². The molecular formula is C31H42F4OSi. The molecule has 0 unspecified atom stereocenters. The first-order valence-corrected chi connectivity index (χ1v) is 16.9. The number of benzene rings is 2. The van der Waals surface area contributed by atoms with Crippen molar-refractivity contribution >= 4 is 8.80 Å². The Hall–Kier alpha value is -1.82. The molecule has 2 aromatic rings. The average molecular weight is 535 g/mol. The van der Waals surface area contributed by atoms with Crippen molar-refractivity contribution in [2.45, 2.75) is 108 Å². The van der Waals surface area contributed by atoms with Gasteiger partial charge in [-0.05, 0) is 72.3 Å². The van der Waals surface area contributed by atoms with Crippen LogP contribution in [0.25, 0.3) is 11.1 Å². The zero-order chi connectivity index (χ0) is 26.3. The van der Waals surface area contributed by atoms with E-state index in [0.717, 1.165) is 29.5 Å². The SMILES string of the molecule is CCCCC[SiH]1CCC(CC[C@H]2CC[C@H](c3ccc(-c4ccc(OC(F)(F)F)c(F)c4)cc3)CC2)CC1. The van der Waals surface area contributed by atoms with E-state index in [9.17, 15) is 17.6 Å². The lowest BCUT2D eigenvalue weighted by atomic mass is 9.76. The van der Waals surface area contributed by atoms with Crippen molar-refractivity contribution in [1.29, 1.82) is 0 Å². The third kappa shape index (κ3) is 8.59. The third-order valence-corrected chi connectivity index (χ3v) is 12.4. The smallest absolute Gasteiger partial charge is 0.403 e. The van der Waals surface area contributed by atoms with Gasteiger partial charge in [0, 0.05) is 8.80 Å². The Labute approximate surface area is 221 Å². The molecule has 1 heterocycles. The molecule has 37 heavy (non-hydrogen) atoms. The lowest BCUT2D eigenvalue weighted by Gasteiger charge is -2.32. The molecule has 2 aromatic carbocycles. The number of halogens is 4. The highest BCUT2D eigenvalue weighted by Gasteiger charge is 2.32. The Balaban J connectivity index is 1.20. The lowest BCUT2D eigenvalue weighted by Crippen LogP contribution is -2.22. The van der Waals surface area contributed by atoms with E-state index < -0.39 is 26.7 Å². The molecule has 1 saturated carbocycles. The molecular weight excluding hydrogens is 492 g/mol. The maximum Gasteiger partial charge on any atom is 0.573 e. The fraction of sp³-hybridized carbons (Fsp3) is 0.613. The summed E-state index contributed by atoms with van der Waals surface area (Å²) in [6.07, 6.45) is 10.3. The summed E-state index contributed by atoms with van der Waals surface area (Å²) in [5.74, 6) is 0.602. The number of alkyl halides is 3. The van der Waals surface area contributed by atoms with E-state index in [2.05, 4.69) is 23.8 Å². The summed E-state index contributed by atoms with van der Waals surface area (Å²) in [7, 11) is -0.401. The molecule has 2 aliphatic rings. The van der Waals surface area contributed by atoms with E-state index in [1.807, 2.05) is 12.1 Å². The minimum absolute atomic E-state index is 0.401. The second-order valence-electron chi connectivity index (χ2n) is 11.5. The zero-order valence-electron chi connectivity index (χ0n) is 22.2. The third-order valence-electron chi connectivity index (χ3n) is 8.89. The summed E-state index contributed by atoms with van der Waals surface area (Å²) < 4.78 is 55.0. The van der Waals surface area contributed by atoms with Crippen LogP contribution in [0.4, 0.5) is 17.6 Å². The first-order valence-electron chi connectivity index (χ1n) is 14.5. The van der Waals surface area contributed by atoms with E-state index in [1.165, 1.54) is 82.3 Å². The number of unbranched alkanes of at least 4 members (excludes halogenated alkanes) is 2.